The molecule has 0 spiro atoms. The molecule has 1 saturated carbocycles. The second kappa shape index (κ2) is 13.8. The molecule has 1 heterocycles. The Morgan fingerprint density at radius 2 is 1.83 bits per heavy atom. The largest absolute Gasteiger partial charge is 0.490 e. The number of fused-ring (bicyclic) bond motifs is 1. The number of halogens is 3. The monoisotopic (exact) mass is 583 g/mol. The summed E-state index contributed by atoms with van der Waals surface area (Å²) in [6, 6.07) is 12.5. The lowest BCUT2D eigenvalue weighted by Gasteiger charge is -2.22. The zero-order chi connectivity index (χ0) is 30.4. The Balaban J connectivity index is 1.70. The SMILES string of the molecule is C=CC(=O)OC1CCC(Oc2ccc3cc(-c4ccc(CCCCC)cc4C(F)(F)F)n(CCCC(C)C)c3c2)C1C. The number of hydrogen-bond acceptors (Lipinski definition) is 3. The fourth-order valence-corrected chi connectivity index (χ4v) is 6.01. The molecule has 0 radical (unpaired) electrons. The van der Waals surface area contributed by atoms with Crippen molar-refractivity contribution in [2.75, 3.05) is 0 Å². The molecular weight excluding hydrogens is 539 g/mol. The van der Waals surface area contributed by atoms with E-state index in [4.69, 9.17) is 9.47 Å². The summed E-state index contributed by atoms with van der Waals surface area (Å²) in [6.45, 7) is 12.5. The van der Waals surface area contributed by atoms with Crippen molar-refractivity contribution >= 4 is 16.9 Å². The van der Waals surface area contributed by atoms with Gasteiger partial charge in [-0.15, -0.1) is 0 Å². The molecule has 0 amide bonds. The van der Waals surface area contributed by atoms with E-state index in [0.29, 0.717) is 36.7 Å². The van der Waals surface area contributed by atoms with E-state index in [1.54, 1.807) is 6.07 Å². The van der Waals surface area contributed by atoms with Crippen LogP contribution in [-0.2, 0) is 28.7 Å². The van der Waals surface area contributed by atoms with Gasteiger partial charge in [-0.25, -0.2) is 4.79 Å². The van der Waals surface area contributed by atoms with Gasteiger partial charge in [-0.2, -0.15) is 13.2 Å². The van der Waals surface area contributed by atoms with Gasteiger partial charge in [-0.1, -0.05) is 59.2 Å². The summed E-state index contributed by atoms with van der Waals surface area (Å²) in [5.74, 6) is 0.720. The number of esters is 1. The zero-order valence-corrected chi connectivity index (χ0v) is 25.3. The molecule has 1 fully saturated rings. The summed E-state index contributed by atoms with van der Waals surface area (Å²) in [5.41, 5.74) is 1.78. The highest BCUT2D eigenvalue weighted by Crippen LogP contribution is 2.41. The van der Waals surface area contributed by atoms with Crippen LogP contribution in [0.2, 0.25) is 0 Å². The minimum Gasteiger partial charge on any atom is -0.490 e. The van der Waals surface area contributed by atoms with E-state index in [9.17, 15) is 18.0 Å². The van der Waals surface area contributed by atoms with Gasteiger partial charge in [-0.3, -0.25) is 0 Å². The van der Waals surface area contributed by atoms with E-state index in [1.807, 2.05) is 41.8 Å². The topological polar surface area (TPSA) is 40.5 Å². The van der Waals surface area contributed by atoms with E-state index < -0.39 is 17.7 Å². The van der Waals surface area contributed by atoms with Gasteiger partial charge in [0, 0.05) is 41.2 Å². The maximum Gasteiger partial charge on any atom is 0.417 e. The van der Waals surface area contributed by atoms with Crippen LogP contribution in [0.4, 0.5) is 13.2 Å². The van der Waals surface area contributed by atoms with Crippen molar-refractivity contribution in [1.29, 1.82) is 0 Å². The summed E-state index contributed by atoms with van der Waals surface area (Å²) in [5, 5.41) is 0.874. The van der Waals surface area contributed by atoms with Crippen molar-refractivity contribution in [3.05, 3.63) is 66.2 Å². The number of carbonyl (C=O) groups excluding carboxylic acids is 1. The maximum absolute atomic E-state index is 14.4. The summed E-state index contributed by atoms with van der Waals surface area (Å²) in [7, 11) is 0. The average Bonchev–Trinajstić information content (AvgIpc) is 3.47. The van der Waals surface area contributed by atoms with Crippen LogP contribution in [-0.4, -0.2) is 22.7 Å². The molecule has 2 aromatic carbocycles. The molecule has 1 aliphatic carbocycles. The third-order valence-corrected chi connectivity index (χ3v) is 8.40. The number of aryl methyl sites for hydroxylation is 2. The molecule has 0 saturated heterocycles. The molecule has 1 aliphatic rings. The van der Waals surface area contributed by atoms with E-state index >= 15 is 0 Å². The first-order chi connectivity index (χ1) is 20.0. The third kappa shape index (κ3) is 7.59. The number of aromatic nitrogens is 1. The smallest absolute Gasteiger partial charge is 0.417 e. The van der Waals surface area contributed by atoms with Crippen LogP contribution in [0, 0.1) is 11.8 Å². The number of carbonyl (C=O) groups is 1. The molecule has 3 atom stereocenters. The van der Waals surface area contributed by atoms with Gasteiger partial charge < -0.3 is 14.0 Å². The van der Waals surface area contributed by atoms with Gasteiger partial charge in [0.15, 0.2) is 0 Å². The Bertz CT molecular complexity index is 1370. The molecule has 0 N–H and O–H groups in total. The number of hydrogen-bond donors (Lipinski definition) is 0. The van der Waals surface area contributed by atoms with Crippen LogP contribution in [0.1, 0.15) is 83.8 Å². The first-order valence-corrected chi connectivity index (χ1v) is 15.3. The molecule has 7 heteroatoms. The molecule has 4 rings (SSSR count). The fourth-order valence-electron chi connectivity index (χ4n) is 6.01. The molecule has 4 nitrogen and oxygen atoms in total. The van der Waals surface area contributed by atoms with Crippen LogP contribution in [0.5, 0.6) is 5.75 Å². The minimum atomic E-state index is -4.46. The van der Waals surface area contributed by atoms with E-state index in [1.165, 1.54) is 12.1 Å². The van der Waals surface area contributed by atoms with E-state index in [2.05, 4.69) is 27.4 Å². The quantitative estimate of drug-likeness (QED) is 0.114. The van der Waals surface area contributed by atoms with Crippen LogP contribution >= 0.6 is 0 Å². The van der Waals surface area contributed by atoms with Crippen molar-refractivity contribution in [2.45, 2.75) is 104 Å². The predicted octanol–water partition coefficient (Wildman–Crippen LogP) is 9.77. The van der Waals surface area contributed by atoms with Crippen LogP contribution in [0.15, 0.2) is 55.1 Å². The number of benzene rings is 2. The predicted molar refractivity (Wildman–Crippen MR) is 163 cm³/mol. The van der Waals surface area contributed by atoms with Crippen molar-refractivity contribution in [2.24, 2.45) is 11.8 Å². The first kappa shape index (κ1) is 31.7. The number of unbranched alkanes of at least 4 members (excludes halogenated alkanes) is 2. The van der Waals surface area contributed by atoms with Gasteiger partial charge in [0.05, 0.1) is 11.1 Å². The van der Waals surface area contributed by atoms with Gasteiger partial charge in [0.25, 0.3) is 0 Å². The fraction of sp³-hybridized carbons (Fsp3) is 0.514. The van der Waals surface area contributed by atoms with Gasteiger partial charge >= 0.3 is 12.1 Å². The van der Waals surface area contributed by atoms with Crippen LogP contribution in [0.25, 0.3) is 22.2 Å². The molecule has 3 unspecified atom stereocenters. The normalized spacial score (nSPS) is 19.0. The molecular formula is C35H44F3NO3. The highest BCUT2D eigenvalue weighted by atomic mass is 19.4. The van der Waals surface area contributed by atoms with Crippen molar-refractivity contribution in [1.82, 2.24) is 4.57 Å². The summed E-state index contributed by atoms with van der Waals surface area (Å²) >= 11 is 0. The molecule has 228 valence electrons. The zero-order valence-electron chi connectivity index (χ0n) is 25.3. The van der Waals surface area contributed by atoms with Gasteiger partial charge in [-0.05, 0) is 74.3 Å². The maximum atomic E-state index is 14.4. The lowest BCUT2D eigenvalue weighted by Crippen LogP contribution is -2.27. The summed E-state index contributed by atoms with van der Waals surface area (Å²) < 4.78 is 57.2. The Morgan fingerprint density at radius 1 is 1.07 bits per heavy atom. The number of ether oxygens (including phenoxy) is 2. The Kier molecular flexibility index (Phi) is 10.4. The molecule has 42 heavy (non-hydrogen) atoms. The highest BCUT2D eigenvalue weighted by molar-refractivity contribution is 5.89. The molecule has 1 aromatic heterocycles. The summed E-state index contributed by atoms with van der Waals surface area (Å²) in [6.07, 6.45) is 3.16. The van der Waals surface area contributed by atoms with E-state index in [0.717, 1.165) is 55.0 Å². The van der Waals surface area contributed by atoms with Crippen molar-refractivity contribution in [3.63, 3.8) is 0 Å². The summed E-state index contributed by atoms with van der Waals surface area (Å²) in [4.78, 5) is 11.7. The van der Waals surface area contributed by atoms with Crippen LogP contribution < -0.4 is 4.74 Å². The molecule has 0 aliphatic heterocycles. The van der Waals surface area contributed by atoms with Crippen LogP contribution in [0.3, 0.4) is 0 Å². The average molecular weight is 584 g/mol. The lowest BCUT2D eigenvalue weighted by atomic mass is 9.97. The lowest BCUT2D eigenvalue weighted by molar-refractivity contribution is -0.145. The van der Waals surface area contributed by atoms with Crippen molar-refractivity contribution < 1.29 is 27.4 Å². The minimum absolute atomic E-state index is 0.00294. The third-order valence-electron chi connectivity index (χ3n) is 8.40. The number of rotatable bonds is 13. The highest BCUT2D eigenvalue weighted by Gasteiger charge is 2.37. The standard InChI is InChI=1S/C35H44F3NO3/c1-6-8-9-12-25-13-16-28(29(20-25)35(36,37)38)31-21-26-14-15-27(22-30(26)39(31)19-10-11-23(3)4)41-32-17-18-33(24(32)5)42-34(40)7-2/h7,13-16,20-24,32-33H,2,6,8-12,17-19H2,1,3-5H3. The Morgan fingerprint density at radius 3 is 2.52 bits per heavy atom. The van der Waals surface area contributed by atoms with E-state index in [-0.39, 0.29) is 23.7 Å². The second-order valence-electron chi connectivity index (χ2n) is 12.0. The first-order valence-electron chi connectivity index (χ1n) is 15.3. The van der Waals surface area contributed by atoms with Gasteiger partial charge in [0.2, 0.25) is 0 Å². The Hall–Kier alpha value is -3.22. The van der Waals surface area contributed by atoms with Gasteiger partial charge in [0.1, 0.15) is 18.0 Å². The Labute approximate surface area is 247 Å². The number of alkyl halides is 3. The molecule has 0 bridgehead atoms. The second-order valence-corrected chi connectivity index (χ2v) is 12.0. The van der Waals surface area contributed by atoms with Crippen molar-refractivity contribution in [3.8, 4) is 17.0 Å². The number of nitrogens with zero attached hydrogens (tertiary/aromatic N) is 1. The molecule has 3 aromatic rings.